The molecule has 0 radical (unpaired) electrons. The lowest BCUT2D eigenvalue weighted by molar-refractivity contribution is -0.144. The Kier molecular flexibility index (Phi) is 5.78. The molecule has 1 saturated carbocycles. The highest BCUT2D eigenvalue weighted by molar-refractivity contribution is 5.85. The Hall–Kier alpha value is -2.54. The molecule has 140 valence electrons. The molecule has 7 heteroatoms. The molecule has 1 aliphatic carbocycles. The van der Waals surface area contributed by atoms with E-state index in [1.54, 1.807) is 22.1 Å². The standard InChI is InChI=1S/C19H25N3O4/c1-20-9-3-5-16(20)11-21(12-17-6-4-10-26-17)18(23)13-22(15-7-8-15)19(24)14-25-2/h3-6,9-10,15H,7-8,11-14H2,1-2H3. The van der Waals surface area contributed by atoms with Gasteiger partial charge in [0, 0.05) is 32.1 Å². The first-order valence-corrected chi connectivity index (χ1v) is 8.77. The van der Waals surface area contributed by atoms with Gasteiger partial charge >= 0.3 is 0 Å². The summed E-state index contributed by atoms with van der Waals surface area (Å²) in [6.45, 7) is 0.895. The van der Waals surface area contributed by atoms with Crippen molar-refractivity contribution in [2.24, 2.45) is 7.05 Å². The summed E-state index contributed by atoms with van der Waals surface area (Å²) in [5, 5.41) is 0. The van der Waals surface area contributed by atoms with Gasteiger partial charge in [-0.2, -0.15) is 0 Å². The van der Waals surface area contributed by atoms with Crippen molar-refractivity contribution in [2.75, 3.05) is 20.3 Å². The summed E-state index contributed by atoms with van der Waals surface area (Å²) < 4.78 is 12.4. The Balaban J connectivity index is 1.72. The number of nitrogens with zero attached hydrogens (tertiary/aromatic N) is 3. The van der Waals surface area contributed by atoms with Crippen molar-refractivity contribution in [3.8, 4) is 0 Å². The van der Waals surface area contributed by atoms with Crippen LogP contribution >= 0.6 is 0 Å². The van der Waals surface area contributed by atoms with Gasteiger partial charge in [-0.05, 0) is 37.1 Å². The second-order valence-corrected chi connectivity index (χ2v) is 6.63. The monoisotopic (exact) mass is 359 g/mol. The third kappa shape index (κ3) is 4.54. The minimum atomic E-state index is -0.139. The third-order valence-electron chi connectivity index (χ3n) is 4.57. The first-order chi connectivity index (χ1) is 12.6. The Morgan fingerprint density at radius 3 is 2.62 bits per heavy atom. The van der Waals surface area contributed by atoms with Crippen molar-refractivity contribution < 1.29 is 18.7 Å². The molecule has 0 atom stereocenters. The average molecular weight is 359 g/mol. The molecule has 2 aromatic heterocycles. The van der Waals surface area contributed by atoms with Crippen molar-refractivity contribution in [3.05, 3.63) is 48.2 Å². The summed E-state index contributed by atoms with van der Waals surface area (Å²) in [7, 11) is 3.44. The van der Waals surface area contributed by atoms with E-state index in [0.29, 0.717) is 18.8 Å². The van der Waals surface area contributed by atoms with Gasteiger partial charge in [0.25, 0.3) is 0 Å². The van der Waals surface area contributed by atoms with Gasteiger partial charge in [0.05, 0.1) is 19.4 Å². The van der Waals surface area contributed by atoms with Crippen molar-refractivity contribution in [1.29, 1.82) is 0 Å². The van der Waals surface area contributed by atoms with Crippen LogP contribution in [0.3, 0.4) is 0 Å². The van der Waals surface area contributed by atoms with E-state index in [1.165, 1.54) is 7.11 Å². The lowest BCUT2D eigenvalue weighted by Crippen LogP contribution is -2.44. The maximum absolute atomic E-state index is 13.0. The highest BCUT2D eigenvalue weighted by atomic mass is 16.5. The number of furan rings is 1. The van der Waals surface area contributed by atoms with Gasteiger partial charge in [-0.3, -0.25) is 9.59 Å². The van der Waals surface area contributed by atoms with Crippen LogP contribution in [0.15, 0.2) is 41.1 Å². The van der Waals surface area contributed by atoms with Crippen LogP contribution in [0.5, 0.6) is 0 Å². The lowest BCUT2D eigenvalue weighted by atomic mass is 10.3. The number of hydrogen-bond donors (Lipinski definition) is 0. The lowest BCUT2D eigenvalue weighted by Gasteiger charge is -2.27. The number of aromatic nitrogens is 1. The summed E-state index contributed by atoms with van der Waals surface area (Å²) in [5.41, 5.74) is 1.02. The minimum Gasteiger partial charge on any atom is -0.467 e. The van der Waals surface area contributed by atoms with Crippen molar-refractivity contribution in [3.63, 3.8) is 0 Å². The zero-order valence-corrected chi connectivity index (χ0v) is 15.3. The summed E-state index contributed by atoms with van der Waals surface area (Å²) in [4.78, 5) is 28.6. The predicted molar refractivity (Wildman–Crippen MR) is 95.0 cm³/mol. The van der Waals surface area contributed by atoms with Gasteiger partial charge in [-0.25, -0.2) is 0 Å². The van der Waals surface area contributed by atoms with Gasteiger partial charge < -0.3 is 23.5 Å². The molecule has 3 rings (SSSR count). The first-order valence-electron chi connectivity index (χ1n) is 8.77. The van der Waals surface area contributed by atoms with Crippen molar-refractivity contribution >= 4 is 11.8 Å². The number of methoxy groups -OCH3 is 1. The summed E-state index contributed by atoms with van der Waals surface area (Å²) in [6.07, 6.45) is 5.43. The molecule has 1 aliphatic rings. The van der Waals surface area contributed by atoms with E-state index in [1.807, 2.05) is 36.0 Å². The zero-order chi connectivity index (χ0) is 18.5. The zero-order valence-electron chi connectivity index (χ0n) is 15.3. The number of aryl methyl sites for hydroxylation is 1. The van der Waals surface area contributed by atoms with E-state index in [-0.39, 0.29) is 31.0 Å². The molecule has 0 aliphatic heterocycles. The molecular formula is C19H25N3O4. The Labute approximate surface area is 153 Å². The molecule has 0 N–H and O–H groups in total. The number of amides is 2. The number of carbonyl (C=O) groups excluding carboxylic acids is 2. The van der Waals surface area contributed by atoms with Crippen molar-refractivity contribution in [1.82, 2.24) is 14.4 Å². The molecular weight excluding hydrogens is 334 g/mol. The molecule has 2 amide bonds. The van der Waals surface area contributed by atoms with E-state index in [0.717, 1.165) is 18.5 Å². The Morgan fingerprint density at radius 2 is 2.04 bits per heavy atom. The van der Waals surface area contributed by atoms with Crippen LogP contribution in [-0.4, -0.2) is 52.5 Å². The largest absolute Gasteiger partial charge is 0.467 e. The summed E-state index contributed by atoms with van der Waals surface area (Å²) >= 11 is 0. The molecule has 0 unspecified atom stereocenters. The maximum atomic E-state index is 13.0. The normalized spacial score (nSPS) is 13.6. The van der Waals surface area contributed by atoms with Crippen LogP contribution < -0.4 is 0 Å². The quantitative estimate of drug-likeness (QED) is 0.684. The number of carbonyl (C=O) groups is 2. The number of ether oxygens (including phenoxy) is 1. The third-order valence-corrected chi connectivity index (χ3v) is 4.57. The van der Waals surface area contributed by atoms with Gasteiger partial charge in [-0.15, -0.1) is 0 Å². The Bertz CT molecular complexity index is 734. The van der Waals surface area contributed by atoms with E-state index in [9.17, 15) is 9.59 Å². The fourth-order valence-corrected chi connectivity index (χ4v) is 2.94. The number of hydrogen-bond acceptors (Lipinski definition) is 4. The van der Waals surface area contributed by atoms with E-state index in [2.05, 4.69) is 0 Å². The molecule has 1 fully saturated rings. The van der Waals surface area contributed by atoms with Gasteiger partial charge in [0.2, 0.25) is 11.8 Å². The highest BCUT2D eigenvalue weighted by Crippen LogP contribution is 2.27. The molecule has 2 aromatic rings. The molecule has 0 aromatic carbocycles. The first kappa shape index (κ1) is 18.3. The van der Waals surface area contributed by atoms with Crippen LogP contribution in [0.1, 0.15) is 24.3 Å². The van der Waals surface area contributed by atoms with Gasteiger partial charge in [-0.1, -0.05) is 0 Å². The van der Waals surface area contributed by atoms with Crippen LogP contribution in [0.4, 0.5) is 0 Å². The predicted octanol–water partition coefficient (Wildman–Crippen LogP) is 1.78. The van der Waals surface area contributed by atoms with Crippen LogP contribution in [0.2, 0.25) is 0 Å². The van der Waals surface area contributed by atoms with Gasteiger partial charge in [0.1, 0.15) is 18.9 Å². The Morgan fingerprint density at radius 1 is 1.23 bits per heavy atom. The second-order valence-electron chi connectivity index (χ2n) is 6.63. The number of rotatable bonds is 9. The second kappa shape index (κ2) is 8.23. The molecule has 0 spiro atoms. The van der Waals surface area contributed by atoms with E-state index < -0.39 is 0 Å². The molecule has 2 heterocycles. The molecule has 0 bridgehead atoms. The smallest absolute Gasteiger partial charge is 0.249 e. The molecule has 0 saturated heterocycles. The fraction of sp³-hybridized carbons (Fsp3) is 0.474. The van der Waals surface area contributed by atoms with Crippen LogP contribution in [-0.2, 0) is 34.5 Å². The summed E-state index contributed by atoms with van der Waals surface area (Å²) in [6, 6.07) is 7.74. The SMILES string of the molecule is COCC(=O)N(CC(=O)N(Cc1ccco1)Cc1cccn1C)C1CC1. The minimum absolute atomic E-state index is 0.000224. The summed E-state index contributed by atoms with van der Waals surface area (Å²) in [5.74, 6) is 0.480. The average Bonchev–Trinajstić information content (AvgIpc) is 3.18. The van der Waals surface area contributed by atoms with Crippen LogP contribution in [0.25, 0.3) is 0 Å². The maximum Gasteiger partial charge on any atom is 0.249 e. The van der Waals surface area contributed by atoms with Crippen molar-refractivity contribution in [2.45, 2.75) is 32.0 Å². The molecule has 26 heavy (non-hydrogen) atoms. The van der Waals surface area contributed by atoms with Crippen LogP contribution in [0, 0.1) is 0 Å². The fourth-order valence-electron chi connectivity index (χ4n) is 2.94. The van der Waals surface area contributed by atoms with E-state index >= 15 is 0 Å². The highest BCUT2D eigenvalue weighted by Gasteiger charge is 2.34. The van der Waals surface area contributed by atoms with Gasteiger partial charge in [0.15, 0.2) is 0 Å². The van der Waals surface area contributed by atoms with E-state index in [4.69, 9.17) is 9.15 Å². The topological polar surface area (TPSA) is 67.9 Å². The molecule has 7 nitrogen and oxygen atoms in total.